The molecule has 250 valence electrons. The van der Waals surface area contributed by atoms with E-state index in [0.717, 1.165) is 0 Å². The second-order valence-corrected chi connectivity index (χ2v) is 17.9. The summed E-state index contributed by atoms with van der Waals surface area (Å²) in [5, 5.41) is 0. The Kier molecular flexibility index (Phi) is 4.69. The van der Waals surface area contributed by atoms with Gasteiger partial charge in [0.15, 0.2) is 0 Å². The molecule has 8 bridgehead atoms. The number of benzene rings is 5. The van der Waals surface area contributed by atoms with Crippen molar-refractivity contribution in [1.82, 2.24) is 0 Å². The van der Waals surface area contributed by atoms with Gasteiger partial charge in [0, 0.05) is 23.7 Å². The van der Waals surface area contributed by atoms with E-state index in [1.807, 2.05) is 0 Å². The number of rotatable bonds is 0. The molecule has 8 unspecified atom stereocenters. The zero-order valence-electron chi connectivity index (χ0n) is 29.0. The summed E-state index contributed by atoms with van der Waals surface area (Å²) in [6.45, 7) is 0. The van der Waals surface area contributed by atoms with E-state index >= 15 is 0 Å². The minimum atomic E-state index is 0.216. The maximum atomic E-state index is 7.14. The molecule has 0 aromatic heterocycles. The second-order valence-electron chi connectivity index (χ2n) is 17.9. The fourth-order valence-electron chi connectivity index (χ4n) is 14.6. The molecule has 5 aromatic rings. The summed E-state index contributed by atoms with van der Waals surface area (Å²) in [7, 11) is 0. The highest BCUT2D eigenvalue weighted by Gasteiger charge is 2.61. The molecule has 2 nitrogen and oxygen atoms in total. The van der Waals surface area contributed by atoms with Crippen LogP contribution in [-0.4, -0.2) is 0 Å². The highest BCUT2D eigenvalue weighted by Crippen LogP contribution is 2.72. The third-order valence-corrected chi connectivity index (χ3v) is 16.3. The summed E-state index contributed by atoms with van der Waals surface area (Å²) in [5.74, 6) is 3.92. The average Bonchev–Trinajstić information content (AvgIpc) is 3.97. The number of hydrogen-bond donors (Lipinski definition) is 0. The second kappa shape index (κ2) is 8.99. The lowest BCUT2D eigenvalue weighted by atomic mass is 9.53. The number of ether oxygens (including phenoxy) is 2. The largest absolute Gasteiger partial charge is 0.365 e. The van der Waals surface area contributed by atoms with Crippen molar-refractivity contribution < 1.29 is 9.47 Å². The highest BCUT2D eigenvalue weighted by atomic mass is 16.5. The molecule has 2 saturated heterocycles. The third-order valence-electron chi connectivity index (χ3n) is 16.3. The molecule has 4 aliphatic heterocycles. The van der Waals surface area contributed by atoms with Crippen LogP contribution in [-0.2, 0) is 9.47 Å². The van der Waals surface area contributed by atoms with Crippen molar-refractivity contribution in [3.8, 4) is 0 Å². The van der Waals surface area contributed by atoms with E-state index in [2.05, 4.69) is 109 Å². The molecule has 0 spiro atoms. The van der Waals surface area contributed by atoms with Crippen LogP contribution < -0.4 is 0 Å². The van der Waals surface area contributed by atoms with Crippen molar-refractivity contribution in [3.05, 3.63) is 198 Å². The molecule has 2 fully saturated rings. The molecule has 0 N–H and O–H groups in total. The van der Waals surface area contributed by atoms with Crippen LogP contribution in [0.1, 0.15) is 141 Å². The predicted octanol–water partition coefficient (Wildman–Crippen LogP) is 11.2. The van der Waals surface area contributed by atoms with Gasteiger partial charge in [-0.2, -0.15) is 0 Å². The van der Waals surface area contributed by atoms with E-state index in [-0.39, 0.29) is 24.4 Å². The Morgan fingerprint density at radius 2 is 0.500 bits per heavy atom. The first-order chi connectivity index (χ1) is 25.8. The highest BCUT2D eigenvalue weighted by molar-refractivity contribution is 5.68. The van der Waals surface area contributed by atoms with Gasteiger partial charge in [0.1, 0.15) is 0 Å². The van der Waals surface area contributed by atoms with Crippen LogP contribution in [0.2, 0.25) is 0 Å². The first-order valence-electron chi connectivity index (χ1n) is 20.1. The molecule has 8 atom stereocenters. The van der Waals surface area contributed by atoms with Crippen molar-refractivity contribution in [3.63, 3.8) is 0 Å². The van der Waals surface area contributed by atoms with E-state index in [4.69, 9.17) is 9.47 Å². The van der Waals surface area contributed by atoms with Gasteiger partial charge in [0.25, 0.3) is 0 Å². The standard InChI is InChI=1S/C50H38O2/c1-2-10-24-23(9-1)43-25-11-3-4-12-26(25)44(24)32-18-36-35(17-31(32)43)47-39-21-41-42(22-40(39)48(36)51-47)50-38-20-34-33(19-37(38)49(41)52-50)45-27-13-5-7-15-29(27)46(34)30-16-8-6-14-28(30)45/h1-16,21-22,35-38,43-50H,17-20H2. The van der Waals surface area contributed by atoms with Crippen LogP contribution >= 0.6 is 0 Å². The van der Waals surface area contributed by atoms with Crippen molar-refractivity contribution in [1.29, 1.82) is 0 Å². The Bertz CT molecular complexity index is 2150. The van der Waals surface area contributed by atoms with E-state index in [1.165, 1.54) is 47.9 Å². The predicted molar refractivity (Wildman–Crippen MR) is 199 cm³/mol. The molecule has 52 heavy (non-hydrogen) atoms. The Morgan fingerprint density at radius 3 is 0.712 bits per heavy atom. The minimum Gasteiger partial charge on any atom is -0.365 e. The summed E-state index contributed by atoms with van der Waals surface area (Å²) in [4.78, 5) is 0. The number of fused-ring (bicyclic) bond motifs is 16. The van der Waals surface area contributed by atoms with E-state index in [1.54, 1.807) is 66.8 Å². The van der Waals surface area contributed by atoms with Gasteiger partial charge < -0.3 is 9.47 Å². The van der Waals surface area contributed by atoms with E-state index in [9.17, 15) is 0 Å². The topological polar surface area (TPSA) is 18.5 Å². The lowest BCUT2D eigenvalue weighted by Crippen LogP contribution is -2.37. The summed E-state index contributed by atoms with van der Waals surface area (Å²) in [5.41, 5.74) is 25.3. The van der Waals surface area contributed by atoms with E-state index in [0.29, 0.717) is 47.3 Å². The van der Waals surface area contributed by atoms with Crippen LogP contribution in [0.5, 0.6) is 0 Å². The quantitative estimate of drug-likeness (QED) is 0.153. The third kappa shape index (κ3) is 2.93. The molecule has 0 saturated carbocycles. The number of allylic oxidation sites excluding steroid dienone is 4. The van der Waals surface area contributed by atoms with Crippen molar-refractivity contribution in [2.75, 3.05) is 0 Å². The van der Waals surface area contributed by atoms with Crippen LogP contribution in [0.4, 0.5) is 0 Å². The van der Waals surface area contributed by atoms with Crippen LogP contribution in [0.25, 0.3) is 0 Å². The first kappa shape index (κ1) is 27.2. The molecule has 0 amide bonds. The zero-order valence-corrected chi connectivity index (χ0v) is 29.0. The van der Waals surface area contributed by atoms with Crippen molar-refractivity contribution in [2.24, 2.45) is 23.7 Å². The summed E-state index contributed by atoms with van der Waals surface area (Å²) < 4.78 is 14.3. The Labute approximate surface area is 304 Å². The molecule has 4 heterocycles. The Hall–Kier alpha value is -4.50. The van der Waals surface area contributed by atoms with Crippen LogP contribution in [0, 0.1) is 23.7 Å². The molecular formula is C50H38O2. The molecule has 17 rings (SSSR count). The van der Waals surface area contributed by atoms with Crippen molar-refractivity contribution >= 4 is 0 Å². The normalized spacial score (nSPS) is 37.4. The van der Waals surface area contributed by atoms with Gasteiger partial charge in [0.05, 0.1) is 24.4 Å². The molecule has 8 aliphatic carbocycles. The lowest BCUT2D eigenvalue weighted by Gasteiger charge is -2.49. The van der Waals surface area contributed by atoms with Crippen molar-refractivity contribution in [2.45, 2.75) is 73.8 Å². The molecule has 5 aromatic carbocycles. The molecule has 0 radical (unpaired) electrons. The van der Waals surface area contributed by atoms with Gasteiger partial charge in [-0.3, -0.25) is 0 Å². The van der Waals surface area contributed by atoms with Gasteiger partial charge >= 0.3 is 0 Å². The van der Waals surface area contributed by atoms with Gasteiger partial charge in [0.2, 0.25) is 0 Å². The lowest BCUT2D eigenvalue weighted by molar-refractivity contribution is 0.0506. The monoisotopic (exact) mass is 670 g/mol. The number of hydrogen-bond acceptors (Lipinski definition) is 2. The molecular weight excluding hydrogens is 633 g/mol. The summed E-state index contributed by atoms with van der Waals surface area (Å²) >= 11 is 0. The van der Waals surface area contributed by atoms with E-state index < -0.39 is 0 Å². The van der Waals surface area contributed by atoms with Gasteiger partial charge in [-0.25, -0.2) is 0 Å². The zero-order chi connectivity index (χ0) is 33.1. The summed E-state index contributed by atoms with van der Waals surface area (Å²) in [6, 6.07) is 42.6. The average molecular weight is 671 g/mol. The fourth-order valence-corrected chi connectivity index (χ4v) is 14.6. The van der Waals surface area contributed by atoms with Gasteiger partial charge in [-0.1, -0.05) is 119 Å². The maximum Gasteiger partial charge on any atom is 0.0872 e. The van der Waals surface area contributed by atoms with Crippen LogP contribution in [0.15, 0.2) is 131 Å². The molecule has 12 aliphatic rings. The minimum absolute atomic E-state index is 0.216. The smallest absolute Gasteiger partial charge is 0.0872 e. The van der Waals surface area contributed by atoms with Crippen LogP contribution in [0.3, 0.4) is 0 Å². The molecule has 2 heteroatoms. The Balaban J connectivity index is 0.798. The maximum absolute atomic E-state index is 7.14. The summed E-state index contributed by atoms with van der Waals surface area (Å²) in [6.07, 6.45) is 5.57. The first-order valence-corrected chi connectivity index (χ1v) is 20.1. The van der Waals surface area contributed by atoms with Gasteiger partial charge in [-0.05, 0) is 128 Å². The fraction of sp³-hybridized carbons (Fsp3) is 0.320. The van der Waals surface area contributed by atoms with Gasteiger partial charge in [-0.15, -0.1) is 0 Å². The SMILES string of the molecule is c1ccc2c(c1)C1C3=C(CC4C5OC(c6cc7c(cc65)C5OC7C6CC7=C(CC56)C5c6ccccc6C7c6ccccc65)C4C3)C2c2ccccc21. The Morgan fingerprint density at radius 1 is 0.288 bits per heavy atom.